The van der Waals surface area contributed by atoms with Gasteiger partial charge in [0.05, 0.1) is 15.6 Å². The lowest BCUT2D eigenvalue weighted by molar-refractivity contribution is -0.114. The Morgan fingerprint density at radius 1 is 1.04 bits per heavy atom. The van der Waals surface area contributed by atoms with Crippen molar-refractivity contribution in [3.05, 3.63) is 57.0 Å². The molecule has 0 aliphatic heterocycles. The van der Waals surface area contributed by atoms with Crippen LogP contribution in [0.5, 0.6) is 0 Å². The van der Waals surface area contributed by atoms with Crippen LogP contribution in [-0.4, -0.2) is 14.3 Å². The number of anilines is 1. The van der Waals surface area contributed by atoms with Crippen LogP contribution in [0.4, 0.5) is 5.69 Å². The van der Waals surface area contributed by atoms with Crippen LogP contribution in [0.15, 0.2) is 41.3 Å². The van der Waals surface area contributed by atoms with E-state index >= 15 is 0 Å². The highest BCUT2D eigenvalue weighted by molar-refractivity contribution is 7.89. The van der Waals surface area contributed by atoms with Crippen LogP contribution in [-0.2, 0) is 21.4 Å². The van der Waals surface area contributed by atoms with Gasteiger partial charge in [-0.25, -0.2) is 13.1 Å². The minimum Gasteiger partial charge on any atom is -0.325 e. The molecule has 0 heterocycles. The Kier molecular flexibility index (Phi) is 6.11. The Hall–Kier alpha value is -1.31. The molecule has 0 fully saturated rings. The van der Waals surface area contributed by atoms with Gasteiger partial charge >= 0.3 is 0 Å². The van der Waals surface area contributed by atoms with Crippen molar-refractivity contribution in [3.8, 4) is 0 Å². The summed E-state index contributed by atoms with van der Waals surface area (Å²) in [5, 5.41) is 3.46. The fourth-order valence-corrected chi connectivity index (χ4v) is 3.68. The van der Waals surface area contributed by atoms with Gasteiger partial charge in [-0.15, -0.1) is 0 Å². The highest BCUT2D eigenvalue weighted by Gasteiger charge is 2.16. The van der Waals surface area contributed by atoms with Crippen LogP contribution in [0.1, 0.15) is 12.5 Å². The third kappa shape index (κ3) is 4.84. The molecule has 2 aromatic carbocycles. The zero-order valence-electron chi connectivity index (χ0n) is 12.4. The second kappa shape index (κ2) is 7.72. The summed E-state index contributed by atoms with van der Waals surface area (Å²) in [5.74, 6) is -0.303. The maximum absolute atomic E-state index is 12.3. The third-order valence-corrected chi connectivity index (χ3v) is 5.33. The highest BCUT2D eigenvalue weighted by Crippen LogP contribution is 2.26. The van der Waals surface area contributed by atoms with Crippen molar-refractivity contribution in [1.29, 1.82) is 0 Å². The molecule has 5 nitrogen and oxygen atoms in total. The normalized spacial score (nSPS) is 11.3. The largest absolute Gasteiger partial charge is 0.325 e. The van der Waals surface area contributed by atoms with Gasteiger partial charge in [0.1, 0.15) is 0 Å². The van der Waals surface area contributed by atoms with Crippen molar-refractivity contribution in [1.82, 2.24) is 4.72 Å². The summed E-state index contributed by atoms with van der Waals surface area (Å²) in [6, 6.07) is 8.83. The van der Waals surface area contributed by atoms with E-state index in [9.17, 15) is 13.2 Å². The summed E-state index contributed by atoms with van der Waals surface area (Å²) in [7, 11) is -3.79. The molecule has 0 atom stereocenters. The van der Waals surface area contributed by atoms with Gasteiger partial charge in [0, 0.05) is 23.5 Å². The average Bonchev–Trinajstić information content (AvgIpc) is 2.48. The Balaban J connectivity index is 2.18. The summed E-state index contributed by atoms with van der Waals surface area (Å²) in [5.41, 5.74) is 0.925. The molecule has 128 valence electrons. The molecule has 0 aliphatic carbocycles. The van der Waals surface area contributed by atoms with Gasteiger partial charge in [0.25, 0.3) is 0 Å². The van der Waals surface area contributed by atoms with Gasteiger partial charge in [-0.2, -0.15) is 0 Å². The predicted molar refractivity (Wildman–Crippen MR) is 96.2 cm³/mol. The van der Waals surface area contributed by atoms with Crippen LogP contribution in [0.25, 0.3) is 0 Å². The number of halogens is 3. The molecule has 0 aliphatic rings. The minimum atomic E-state index is -3.79. The molecule has 0 spiro atoms. The second-order valence-electron chi connectivity index (χ2n) is 4.88. The van der Waals surface area contributed by atoms with Gasteiger partial charge < -0.3 is 5.32 Å². The minimum absolute atomic E-state index is 0.00337. The van der Waals surface area contributed by atoms with Crippen LogP contribution >= 0.6 is 34.8 Å². The van der Waals surface area contributed by atoms with Crippen molar-refractivity contribution < 1.29 is 13.2 Å². The molecule has 2 aromatic rings. The molecular formula is C15H13Cl3N2O3S. The molecule has 0 radical (unpaired) electrons. The average molecular weight is 408 g/mol. The Morgan fingerprint density at radius 3 is 2.33 bits per heavy atom. The molecular weight excluding hydrogens is 395 g/mol. The number of carbonyl (C=O) groups is 1. The van der Waals surface area contributed by atoms with E-state index in [2.05, 4.69) is 10.0 Å². The Bertz CT molecular complexity index is 886. The molecule has 0 saturated carbocycles. The molecule has 1 amide bonds. The molecule has 24 heavy (non-hydrogen) atoms. The van der Waals surface area contributed by atoms with E-state index in [1.807, 2.05) is 0 Å². The summed E-state index contributed by atoms with van der Waals surface area (Å²) in [4.78, 5) is 11.0. The standard InChI is InChI=1S/C15H13Cl3N2O3S/c1-9(21)20-15-5-4-12(7-14(15)18)24(22,23)19-8-10-2-3-11(16)6-13(10)17/h2-7,19H,8H2,1H3,(H,20,21). The summed E-state index contributed by atoms with van der Waals surface area (Å²) >= 11 is 17.8. The fraction of sp³-hybridized carbons (Fsp3) is 0.133. The summed E-state index contributed by atoms with van der Waals surface area (Å²) < 4.78 is 27.1. The molecule has 0 unspecified atom stereocenters. The number of hydrogen-bond acceptors (Lipinski definition) is 3. The number of nitrogens with one attached hydrogen (secondary N) is 2. The quantitative estimate of drug-likeness (QED) is 0.784. The molecule has 9 heteroatoms. The molecule has 0 saturated heterocycles. The van der Waals surface area contributed by atoms with E-state index in [0.29, 0.717) is 21.3 Å². The van der Waals surface area contributed by atoms with Gasteiger partial charge in [-0.1, -0.05) is 40.9 Å². The van der Waals surface area contributed by atoms with Crippen LogP contribution in [0.3, 0.4) is 0 Å². The zero-order valence-corrected chi connectivity index (χ0v) is 15.5. The lowest BCUT2D eigenvalue weighted by atomic mass is 10.2. The predicted octanol–water partition coefficient (Wildman–Crippen LogP) is 4.08. The van der Waals surface area contributed by atoms with Crippen molar-refractivity contribution in [2.45, 2.75) is 18.4 Å². The van der Waals surface area contributed by atoms with Crippen LogP contribution < -0.4 is 10.0 Å². The van der Waals surface area contributed by atoms with Gasteiger partial charge in [0.2, 0.25) is 15.9 Å². The third-order valence-electron chi connectivity index (χ3n) is 3.03. The molecule has 2 N–H and O–H groups in total. The Morgan fingerprint density at radius 2 is 1.75 bits per heavy atom. The number of hydrogen-bond donors (Lipinski definition) is 2. The summed E-state index contributed by atoms with van der Waals surface area (Å²) in [6.45, 7) is 1.34. The van der Waals surface area contributed by atoms with E-state index in [0.717, 1.165) is 0 Å². The van der Waals surface area contributed by atoms with Crippen molar-refractivity contribution in [2.75, 3.05) is 5.32 Å². The number of carbonyl (C=O) groups excluding carboxylic acids is 1. The monoisotopic (exact) mass is 406 g/mol. The van der Waals surface area contributed by atoms with Crippen LogP contribution in [0, 0.1) is 0 Å². The number of benzene rings is 2. The van der Waals surface area contributed by atoms with E-state index in [1.54, 1.807) is 12.1 Å². The van der Waals surface area contributed by atoms with E-state index in [-0.39, 0.29) is 22.4 Å². The lowest BCUT2D eigenvalue weighted by Gasteiger charge is -2.10. The SMILES string of the molecule is CC(=O)Nc1ccc(S(=O)(=O)NCc2ccc(Cl)cc2Cl)cc1Cl. The highest BCUT2D eigenvalue weighted by atomic mass is 35.5. The van der Waals surface area contributed by atoms with Crippen molar-refractivity contribution >= 4 is 56.4 Å². The van der Waals surface area contributed by atoms with Crippen molar-refractivity contribution in [3.63, 3.8) is 0 Å². The topological polar surface area (TPSA) is 75.3 Å². The molecule has 0 aromatic heterocycles. The summed E-state index contributed by atoms with van der Waals surface area (Å²) in [6.07, 6.45) is 0. The number of amides is 1. The second-order valence-corrected chi connectivity index (χ2v) is 7.90. The maximum Gasteiger partial charge on any atom is 0.240 e. The van der Waals surface area contributed by atoms with E-state index < -0.39 is 10.0 Å². The number of rotatable bonds is 5. The smallest absolute Gasteiger partial charge is 0.240 e. The first-order valence-electron chi connectivity index (χ1n) is 6.70. The van der Waals surface area contributed by atoms with Gasteiger partial charge in [0.15, 0.2) is 0 Å². The van der Waals surface area contributed by atoms with Gasteiger partial charge in [-0.05, 0) is 35.9 Å². The maximum atomic E-state index is 12.3. The van der Waals surface area contributed by atoms with E-state index in [4.69, 9.17) is 34.8 Å². The first-order chi connectivity index (χ1) is 11.2. The van der Waals surface area contributed by atoms with E-state index in [1.165, 1.54) is 31.2 Å². The first-order valence-corrected chi connectivity index (χ1v) is 9.31. The zero-order chi connectivity index (χ0) is 17.9. The Labute approximate surface area is 155 Å². The van der Waals surface area contributed by atoms with Crippen LogP contribution in [0.2, 0.25) is 15.1 Å². The molecule has 0 bridgehead atoms. The van der Waals surface area contributed by atoms with Gasteiger partial charge in [-0.3, -0.25) is 4.79 Å². The lowest BCUT2D eigenvalue weighted by Crippen LogP contribution is -2.23. The van der Waals surface area contributed by atoms with Crippen molar-refractivity contribution in [2.24, 2.45) is 0 Å². The molecule has 2 rings (SSSR count). The number of sulfonamides is 1. The first kappa shape index (κ1) is 19.0. The fourth-order valence-electron chi connectivity index (χ4n) is 1.88.